The van der Waals surface area contributed by atoms with Gasteiger partial charge in [0.2, 0.25) is 11.8 Å². The first kappa shape index (κ1) is 24.9. The normalized spacial score (nSPS) is 12.6. The standard InChI is InChI=1S/C26H26N4O5S/c1-4-19(16-8-6-5-7-9-16)22(23(32)29-25-27-20(14-36-25)15(2)31)30-24(33)21(28-26(30)34)17-10-12-18(35-3)13-11-17/h5-14,19,22,33H,4H2,1-3H3,(H,28,34)(H,27,29,32)/t19-,22-/m0/s1. The minimum Gasteiger partial charge on any atom is -0.497 e. The largest absolute Gasteiger partial charge is 0.497 e. The Bertz CT molecular complexity index is 1420. The average Bonchev–Trinajstić information content (AvgIpc) is 3.47. The third-order valence-electron chi connectivity index (χ3n) is 5.97. The number of nitrogens with zero attached hydrogens (tertiary/aromatic N) is 2. The molecule has 2 atom stereocenters. The molecule has 36 heavy (non-hydrogen) atoms. The van der Waals surface area contributed by atoms with E-state index in [0.29, 0.717) is 17.7 Å². The molecule has 2 heterocycles. The Morgan fingerprint density at radius 1 is 1.17 bits per heavy atom. The number of imidazole rings is 1. The molecule has 0 aliphatic heterocycles. The average molecular weight is 507 g/mol. The van der Waals surface area contributed by atoms with Crippen LogP contribution in [0.4, 0.5) is 5.13 Å². The Labute approximate surface area is 211 Å². The molecular formula is C26H26N4O5S. The fourth-order valence-electron chi connectivity index (χ4n) is 4.15. The van der Waals surface area contributed by atoms with Crippen LogP contribution >= 0.6 is 11.3 Å². The van der Waals surface area contributed by atoms with E-state index in [1.54, 1.807) is 36.8 Å². The van der Waals surface area contributed by atoms with Crippen LogP contribution in [0.5, 0.6) is 11.6 Å². The number of hydrogen-bond donors (Lipinski definition) is 3. The summed E-state index contributed by atoms with van der Waals surface area (Å²) in [5.74, 6) is -0.930. The van der Waals surface area contributed by atoms with Gasteiger partial charge in [0, 0.05) is 23.8 Å². The number of hydrogen-bond acceptors (Lipinski definition) is 7. The lowest BCUT2D eigenvalue weighted by Gasteiger charge is -2.26. The highest BCUT2D eigenvalue weighted by atomic mass is 32.1. The number of thiazole rings is 1. The molecule has 186 valence electrons. The number of aromatic nitrogens is 3. The minimum absolute atomic E-state index is 0.191. The Hall–Kier alpha value is -4.18. The molecule has 0 unspecified atom stereocenters. The van der Waals surface area contributed by atoms with Crippen LogP contribution in [0.25, 0.3) is 11.3 Å². The molecule has 0 fully saturated rings. The number of amides is 1. The number of benzene rings is 2. The first-order chi connectivity index (χ1) is 17.3. The number of nitrogens with one attached hydrogen (secondary N) is 2. The second-order valence-electron chi connectivity index (χ2n) is 8.18. The SMILES string of the molecule is CC[C@@H](c1ccccc1)[C@@H](C(=O)Nc1nc(C(C)=O)cs1)n1c(O)c(-c2ccc(OC)cc2)[nH]c1=O. The van der Waals surface area contributed by atoms with E-state index in [9.17, 15) is 19.5 Å². The predicted octanol–water partition coefficient (Wildman–Crippen LogP) is 4.59. The molecule has 0 radical (unpaired) electrons. The fraction of sp³-hybridized carbons (Fsp3) is 0.231. The highest BCUT2D eigenvalue weighted by Gasteiger charge is 2.35. The topological polar surface area (TPSA) is 126 Å². The van der Waals surface area contributed by atoms with E-state index in [0.717, 1.165) is 21.5 Å². The van der Waals surface area contributed by atoms with E-state index in [-0.39, 0.29) is 28.2 Å². The van der Waals surface area contributed by atoms with Crippen molar-refractivity contribution in [3.05, 3.63) is 81.7 Å². The summed E-state index contributed by atoms with van der Waals surface area (Å²) in [6.45, 7) is 3.30. The zero-order chi connectivity index (χ0) is 25.8. The molecule has 10 heteroatoms. The van der Waals surface area contributed by atoms with E-state index in [2.05, 4.69) is 15.3 Å². The van der Waals surface area contributed by atoms with Crippen molar-refractivity contribution in [2.45, 2.75) is 32.2 Å². The summed E-state index contributed by atoms with van der Waals surface area (Å²) in [7, 11) is 1.55. The van der Waals surface area contributed by atoms with E-state index >= 15 is 0 Å². The van der Waals surface area contributed by atoms with Crippen molar-refractivity contribution < 1.29 is 19.4 Å². The molecule has 3 N–H and O–H groups in total. The molecule has 0 saturated carbocycles. The molecular weight excluding hydrogens is 480 g/mol. The van der Waals surface area contributed by atoms with Crippen molar-refractivity contribution in [1.82, 2.24) is 14.5 Å². The summed E-state index contributed by atoms with van der Waals surface area (Å²) < 4.78 is 6.26. The van der Waals surface area contributed by atoms with Gasteiger partial charge >= 0.3 is 5.69 Å². The van der Waals surface area contributed by atoms with E-state index in [1.807, 2.05) is 37.3 Å². The van der Waals surface area contributed by atoms with Gasteiger partial charge in [-0.25, -0.2) is 14.3 Å². The van der Waals surface area contributed by atoms with Crippen LogP contribution in [-0.4, -0.2) is 38.4 Å². The molecule has 0 aliphatic rings. The number of aromatic hydroxyl groups is 1. The maximum atomic E-state index is 13.7. The van der Waals surface area contributed by atoms with Gasteiger partial charge in [-0.3, -0.25) is 9.59 Å². The van der Waals surface area contributed by atoms with Gasteiger partial charge in [-0.15, -0.1) is 11.3 Å². The third kappa shape index (κ3) is 4.94. The number of Topliss-reactive ketones (excluding diaryl/α,β-unsaturated/α-hetero) is 1. The van der Waals surface area contributed by atoms with Gasteiger partial charge in [-0.05, 0) is 36.2 Å². The summed E-state index contributed by atoms with van der Waals surface area (Å²) in [4.78, 5) is 45.4. The molecule has 0 aliphatic carbocycles. The van der Waals surface area contributed by atoms with Crippen molar-refractivity contribution >= 4 is 28.2 Å². The van der Waals surface area contributed by atoms with Crippen molar-refractivity contribution in [1.29, 1.82) is 0 Å². The summed E-state index contributed by atoms with van der Waals surface area (Å²) in [6, 6.07) is 15.1. The van der Waals surface area contributed by atoms with Crippen molar-refractivity contribution in [2.75, 3.05) is 12.4 Å². The number of rotatable bonds is 9. The van der Waals surface area contributed by atoms with Crippen LogP contribution in [0, 0.1) is 0 Å². The Morgan fingerprint density at radius 3 is 2.44 bits per heavy atom. The zero-order valence-electron chi connectivity index (χ0n) is 20.0. The molecule has 2 aromatic carbocycles. The summed E-state index contributed by atoms with van der Waals surface area (Å²) >= 11 is 1.11. The van der Waals surface area contributed by atoms with Crippen LogP contribution in [0.2, 0.25) is 0 Å². The number of aromatic amines is 1. The quantitative estimate of drug-likeness (QED) is 0.285. The van der Waals surface area contributed by atoms with Crippen LogP contribution in [-0.2, 0) is 4.79 Å². The summed E-state index contributed by atoms with van der Waals surface area (Å²) in [5.41, 5.74) is 1.20. The first-order valence-corrected chi connectivity index (χ1v) is 12.2. The lowest BCUT2D eigenvalue weighted by atomic mass is 9.88. The Balaban J connectivity index is 1.80. The van der Waals surface area contributed by atoms with E-state index in [4.69, 9.17) is 4.74 Å². The van der Waals surface area contributed by atoms with E-state index in [1.165, 1.54) is 6.92 Å². The molecule has 0 saturated heterocycles. The second kappa shape index (κ2) is 10.6. The molecule has 0 spiro atoms. The smallest absolute Gasteiger partial charge is 0.329 e. The molecule has 4 rings (SSSR count). The van der Waals surface area contributed by atoms with Gasteiger partial charge in [-0.2, -0.15) is 0 Å². The number of ketones is 1. The Kier molecular flexibility index (Phi) is 7.35. The number of carbonyl (C=O) groups excluding carboxylic acids is 2. The monoisotopic (exact) mass is 506 g/mol. The molecule has 0 bridgehead atoms. The number of anilines is 1. The Morgan fingerprint density at radius 2 is 1.86 bits per heavy atom. The van der Waals surface area contributed by atoms with Crippen LogP contribution < -0.4 is 15.7 Å². The van der Waals surface area contributed by atoms with Crippen LogP contribution in [0.1, 0.15) is 48.3 Å². The number of ether oxygens (including phenoxy) is 1. The van der Waals surface area contributed by atoms with Crippen molar-refractivity contribution in [2.24, 2.45) is 0 Å². The summed E-state index contributed by atoms with van der Waals surface area (Å²) in [6.07, 6.45) is 0.508. The van der Waals surface area contributed by atoms with Crippen molar-refractivity contribution in [3.8, 4) is 22.9 Å². The molecule has 4 aromatic rings. The lowest BCUT2D eigenvalue weighted by Crippen LogP contribution is -2.36. The third-order valence-corrected chi connectivity index (χ3v) is 6.73. The molecule has 9 nitrogen and oxygen atoms in total. The van der Waals surface area contributed by atoms with Gasteiger partial charge in [0.25, 0.3) is 0 Å². The number of carbonyl (C=O) groups is 2. The summed E-state index contributed by atoms with van der Waals surface area (Å²) in [5, 5.41) is 15.7. The zero-order valence-corrected chi connectivity index (χ0v) is 20.8. The number of methoxy groups -OCH3 is 1. The van der Waals surface area contributed by atoms with E-state index < -0.39 is 23.6 Å². The minimum atomic E-state index is -1.10. The predicted molar refractivity (Wildman–Crippen MR) is 138 cm³/mol. The van der Waals surface area contributed by atoms with Gasteiger partial charge in [0.1, 0.15) is 23.2 Å². The van der Waals surface area contributed by atoms with Gasteiger partial charge in [0.15, 0.2) is 10.9 Å². The molecule has 2 aromatic heterocycles. The maximum absolute atomic E-state index is 13.7. The van der Waals surface area contributed by atoms with Gasteiger partial charge < -0.3 is 20.1 Å². The highest BCUT2D eigenvalue weighted by Crippen LogP contribution is 2.37. The van der Waals surface area contributed by atoms with Gasteiger partial charge in [0.05, 0.1) is 7.11 Å². The fourth-order valence-corrected chi connectivity index (χ4v) is 4.90. The highest BCUT2D eigenvalue weighted by molar-refractivity contribution is 7.14. The van der Waals surface area contributed by atoms with Crippen LogP contribution in [0.3, 0.4) is 0 Å². The maximum Gasteiger partial charge on any atom is 0.329 e. The number of H-pyrrole nitrogens is 1. The van der Waals surface area contributed by atoms with Gasteiger partial charge in [-0.1, -0.05) is 37.3 Å². The molecule has 1 amide bonds. The lowest BCUT2D eigenvalue weighted by molar-refractivity contribution is -0.120. The second-order valence-corrected chi connectivity index (χ2v) is 9.04. The van der Waals surface area contributed by atoms with Crippen molar-refractivity contribution in [3.63, 3.8) is 0 Å². The first-order valence-electron chi connectivity index (χ1n) is 11.3. The van der Waals surface area contributed by atoms with Crippen LogP contribution in [0.15, 0.2) is 64.8 Å².